The van der Waals surface area contributed by atoms with Crippen LogP contribution in [0.2, 0.25) is 0 Å². The quantitative estimate of drug-likeness (QED) is 0.860. The van der Waals surface area contributed by atoms with E-state index >= 15 is 0 Å². The number of rotatable bonds is 3. The van der Waals surface area contributed by atoms with Gasteiger partial charge in [-0.05, 0) is 38.3 Å². The zero-order valence-corrected chi connectivity index (χ0v) is 15.6. The Labute approximate surface area is 148 Å². The van der Waals surface area contributed by atoms with Gasteiger partial charge in [0.05, 0.1) is 24.4 Å². The van der Waals surface area contributed by atoms with E-state index in [0.29, 0.717) is 24.9 Å². The summed E-state index contributed by atoms with van der Waals surface area (Å²) in [4.78, 5) is 19.2. The van der Waals surface area contributed by atoms with Crippen molar-refractivity contribution >= 4 is 5.91 Å². The second kappa shape index (κ2) is 6.96. The van der Waals surface area contributed by atoms with Gasteiger partial charge in [-0.1, -0.05) is 32.0 Å². The minimum absolute atomic E-state index is 0.0268. The SMILES string of the molecule is Cc1nc(C(=O)N2C[C@H](C)OC[C@H]2C)nn1-c1ccccc1C(C)C. The molecule has 1 aromatic heterocycles. The predicted octanol–water partition coefficient (Wildman–Crippen LogP) is 2.95. The lowest BCUT2D eigenvalue weighted by atomic mass is 10.0. The number of carbonyl (C=O) groups excluding carboxylic acids is 1. The predicted molar refractivity (Wildman–Crippen MR) is 96.1 cm³/mol. The fourth-order valence-electron chi connectivity index (χ4n) is 3.19. The number of benzene rings is 1. The number of morpholine rings is 1. The van der Waals surface area contributed by atoms with Crippen molar-refractivity contribution in [1.29, 1.82) is 0 Å². The molecule has 1 fully saturated rings. The first-order chi connectivity index (χ1) is 11.9. The lowest BCUT2D eigenvalue weighted by molar-refractivity contribution is -0.0391. The van der Waals surface area contributed by atoms with Crippen molar-refractivity contribution in [3.8, 4) is 5.69 Å². The van der Waals surface area contributed by atoms with Crippen LogP contribution in [0.15, 0.2) is 24.3 Å². The first kappa shape index (κ1) is 17.6. The third-order valence-corrected chi connectivity index (χ3v) is 4.62. The van der Waals surface area contributed by atoms with Crippen LogP contribution in [0.5, 0.6) is 0 Å². The Morgan fingerprint density at radius 1 is 1.28 bits per heavy atom. The second-order valence-electron chi connectivity index (χ2n) is 7.06. The summed E-state index contributed by atoms with van der Waals surface area (Å²) in [6.07, 6.45) is 0.0324. The third kappa shape index (κ3) is 3.44. The summed E-state index contributed by atoms with van der Waals surface area (Å²) >= 11 is 0. The molecule has 2 aromatic rings. The minimum atomic E-state index is -0.133. The Bertz CT molecular complexity index is 769. The van der Waals surface area contributed by atoms with Crippen LogP contribution in [0, 0.1) is 6.92 Å². The van der Waals surface area contributed by atoms with Crippen molar-refractivity contribution in [2.24, 2.45) is 0 Å². The molecule has 0 N–H and O–H groups in total. The van der Waals surface area contributed by atoms with E-state index < -0.39 is 0 Å². The molecule has 1 saturated heterocycles. The number of carbonyl (C=O) groups is 1. The van der Waals surface area contributed by atoms with E-state index in [4.69, 9.17) is 4.74 Å². The molecule has 1 aliphatic heterocycles. The molecule has 0 bridgehead atoms. The van der Waals surface area contributed by atoms with E-state index in [1.165, 1.54) is 5.56 Å². The monoisotopic (exact) mass is 342 g/mol. The Morgan fingerprint density at radius 2 is 2.00 bits per heavy atom. The summed E-state index contributed by atoms with van der Waals surface area (Å²) in [6.45, 7) is 11.2. The van der Waals surface area contributed by atoms with Crippen LogP contribution in [-0.4, -0.2) is 50.9 Å². The molecule has 1 aliphatic rings. The Kier molecular flexibility index (Phi) is 4.90. The van der Waals surface area contributed by atoms with Gasteiger partial charge in [0.1, 0.15) is 5.82 Å². The van der Waals surface area contributed by atoms with Crippen LogP contribution in [0.25, 0.3) is 5.69 Å². The van der Waals surface area contributed by atoms with Gasteiger partial charge in [-0.3, -0.25) is 4.79 Å². The molecule has 2 heterocycles. The number of para-hydroxylation sites is 1. The summed E-state index contributed by atoms with van der Waals surface area (Å²) in [5.74, 6) is 1.19. The number of hydrogen-bond donors (Lipinski definition) is 0. The Morgan fingerprint density at radius 3 is 2.72 bits per heavy atom. The highest BCUT2D eigenvalue weighted by Crippen LogP contribution is 2.23. The van der Waals surface area contributed by atoms with Gasteiger partial charge >= 0.3 is 0 Å². The maximum Gasteiger partial charge on any atom is 0.293 e. The molecular formula is C19H26N4O2. The van der Waals surface area contributed by atoms with Gasteiger partial charge in [0.25, 0.3) is 5.91 Å². The minimum Gasteiger partial charge on any atom is -0.375 e. The van der Waals surface area contributed by atoms with E-state index in [1.54, 1.807) is 4.68 Å². The topological polar surface area (TPSA) is 60.3 Å². The highest BCUT2D eigenvalue weighted by Gasteiger charge is 2.31. The Hall–Kier alpha value is -2.21. The van der Waals surface area contributed by atoms with Gasteiger partial charge in [-0.15, -0.1) is 5.10 Å². The highest BCUT2D eigenvalue weighted by molar-refractivity contribution is 5.90. The van der Waals surface area contributed by atoms with Crippen molar-refractivity contribution in [2.45, 2.75) is 52.7 Å². The molecule has 6 heteroatoms. The van der Waals surface area contributed by atoms with Crippen molar-refractivity contribution in [3.63, 3.8) is 0 Å². The molecule has 3 rings (SSSR count). The van der Waals surface area contributed by atoms with Crippen LogP contribution >= 0.6 is 0 Å². The van der Waals surface area contributed by atoms with E-state index in [2.05, 4.69) is 30.0 Å². The summed E-state index contributed by atoms with van der Waals surface area (Å²) in [5.41, 5.74) is 2.16. The van der Waals surface area contributed by atoms with Crippen LogP contribution in [0.3, 0.4) is 0 Å². The zero-order chi connectivity index (χ0) is 18.1. The summed E-state index contributed by atoms with van der Waals surface area (Å²) in [7, 11) is 0. The lowest BCUT2D eigenvalue weighted by Gasteiger charge is -2.36. The maximum absolute atomic E-state index is 12.9. The van der Waals surface area contributed by atoms with Gasteiger partial charge in [0.15, 0.2) is 0 Å². The Balaban J connectivity index is 1.94. The number of amides is 1. The molecule has 2 atom stereocenters. The number of nitrogens with zero attached hydrogens (tertiary/aromatic N) is 4. The zero-order valence-electron chi connectivity index (χ0n) is 15.6. The van der Waals surface area contributed by atoms with Crippen molar-refractivity contribution in [2.75, 3.05) is 13.2 Å². The summed E-state index contributed by atoms with van der Waals surface area (Å²) < 4.78 is 7.38. The van der Waals surface area contributed by atoms with Gasteiger partial charge in [0.2, 0.25) is 5.82 Å². The molecule has 1 amide bonds. The van der Waals surface area contributed by atoms with Gasteiger partial charge in [0, 0.05) is 6.54 Å². The number of aromatic nitrogens is 3. The highest BCUT2D eigenvalue weighted by atomic mass is 16.5. The lowest BCUT2D eigenvalue weighted by Crippen LogP contribution is -2.50. The number of ether oxygens (including phenoxy) is 1. The average Bonchev–Trinajstić information content (AvgIpc) is 2.98. The molecule has 134 valence electrons. The van der Waals surface area contributed by atoms with Crippen LogP contribution < -0.4 is 0 Å². The van der Waals surface area contributed by atoms with E-state index in [-0.39, 0.29) is 23.9 Å². The second-order valence-corrected chi connectivity index (χ2v) is 7.06. The largest absolute Gasteiger partial charge is 0.375 e. The standard InChI is InChI=1S/C19H26N4O2/c1-12(2)16-8-6-7-9-17(16)23-15(5)20-18(21-23)19(24)22-10-14(4)25-11-13(22)3/h6-9,12-14H,10-11H2,1-5H3/t13-,14+/m1/s1. The van der Waals surface area contributed by atoms with Crippen molar-refractivity contribution < 1.29 is 9.53 Å². The van der Waals surface area contributed by atoms with Crippen LogP contribution in [0.4, 0.5) is 0 Å². The van der Waals surface area contributed by atoms with Crippen molar-refractivity contribution in [3.05, 3.63) is 41.5 Å². The van der Waals surface area contributed by atoms with Gasteiger partial charge < -0.3 is 9.64 Å². The van der Waals surface area contributed by atoms with Gasteiger partial charge in [-0.2, -0.15) is 0 Å². The molecular weight excluding hydrogens is 316 g/mol. The van der Waals surface area contributed by atoms with E-state index in [1.807, 2.05) is 43.9 Å². The smallest absolute Gasteiger partial charge is 0.293 e. The molecule has 25 heavy (non-hydrogen) atoms. The molecule has 0 unspecified atom stereocenters. The summed E-state index contributed by atoms with van der Waals surface area (Å²) in [5, 5.41) is 4.53. The van der Waals surface area contributed by atoms with Crippen LogP contribution in [-0.2, 0) is 4.74 Å². The first-order valence-electron chi connectivity index (χ1n) is 8.84. The number of hydrogen-bond acceptors (Lipinski definition) is 4. The molecule has 0 saturated carbocycles. The average molecular weight is 342 g/mol. The first-order valence-corrected chi connectivity index (χ1v) is 8.84. The molecule has 1 aromatic carbocycles. The normalized spacial score (nSPS) is 21.0. The molecule has 0 spiro atoms. The molecule has 6 nitrogen and oxygen atoms in total. The fourth-order valence-corrected chi connectivity index (χ4v) is 3.19. The molecule has 0 radical (unpaired) electrons. The molecule has 0 aliphatic carbocycles. The maximum atomic E-state index is 12.9. The summed E-state index contributed by atoms with van der Waals surface area (Å²) in [6, 6.07) is 8.14. The number of aryl methyl sites for hydroxylation is 1. The fraction of sp³-hybridized carbons (Fsp3) is 0.526. The van der Waals surface area contributed by atoms with E-state index in [0.717, 1.165) is 5.69 Å². The van der Waals surface area contributed by atoms with Gasteiger partial charge in [-0.25, -0.2) is 9.67 Å². The third-order valence-electron chi connectivity index (χ3n) is 4.62. The van der Waals surface area contributed by atoms with Crippen molar-refractivity contribution in [1.82, 2.24) is 19.7 Å². The van der Waals surface area contributed by atoms with Crippen LogP contribution in [0.1, 0.15) is 55.6 Å². The van der Waals surface area contributed by atoms with E-state index in [9.17, 15) is 4.79 Å².